The van der Waals surface area contributed by atoms with Gasteiger partial charge in [-0.25, -0.2) is 4.79 Å². The fraction of sp³-hybridized carbons (Fsp3) is 0.567. The van der Waals surface area contributed by atoms with Gasteiger partial charge in [-0.05, 0) is 37.2 Å². The minimum Gasteiger partial charge on any atom is -0.478 e. The second kappa shape index (κ2) is 10.1. The Balaban J connectivity index is 1.41. The molecule has 7 heteroatoms. The molecule has 5 rings (SSSR count). The van der Waals surface area contributed by atoms with Crippen molar-refractivity contribution in [2.75, 3.05) is 13.1 Å². The highest BCUT2D eigenvalue weighted by molar-refractivity contribution is 5.95. The quantitative estimate of drug-likeness (QED) is 0.573. The van der Waals surface area contributed by atoms with Crippen LogP contribution in [0, 0.1) is 17.3 Å². The summed E-state index contributed by atoms with van der Waals surface area (Å²) in [7, 11) is 0. The summed E-state index contributed by atoms with van der Waals surface area (Å²) < 4.78 is 1.37. The second-order valence-corrected chi connectivity index (χ2v) is 11.7. The number of carboxylic acid groups (broad SMARTS) is 1. The number of hydrogen-bond acceptors (Lipinski definition) is 4. The smallest absolute Gasteiger partial charge is 0.337 e. The first-order valence-corrected chi connectivity index (χ1v) is 13.8. The van der Waals surface area contributed by atoms with Crippen molar-refractivity contribution < 1.29 is 19.8 Å². The summed E-state index contributed by atoms with van der Waals surface area (Å²) in [5.41, 5.74) is -0.940. The lowest BCUT2D eigenvalue weighted by Gasteiger charge is -2.53. The number of aliphatic hydroxyl groups is 1. The van der Waals surface area contributed by atoms with Gasteiger partial charge in [-0.15, -0.1) is 0 Å². The molecule has 1 unspecified atom stereocenters. The van der Waals surface area contributed by atoms with Gasteiger partial charge < -0.3 is 19.7 Å². The van der Waals surface area contributed by atoms with Gasteiger partial charge in [-0.3, -0.25) is 9.59 Å². The monoisotopic (exact) mass is 506 g/mol. The average Bonchev–Trinajstić information content (AvgIpc) is 3.34. The third-order valence-corrected chi connectivity index (χ3v) is 9.35. The fourth-order valence-corrected chi connectivity index (χ4v) is 6.93. The first-order valence-electron chi connectivity index (χ1n) is 13.8. The molecular formula is C30H38N2O5. The van der Waals surface area contributed by atoms with Crippen molar-refractivity contribution in [3.63, 3.8) is 0 Å². The summed E-state index contributed by atoms with van der Waals surface area (Å²) in [6.07, 6.45) is 9.95. The van der Waals surface area contributed by atoms with Crippen molar-refractivity contribution in [1.29, 1.82) is 0 Å². The molecule has 2 N–H and O–H groups in total. The molecule has 1 aromatic carbocycles. The molecule has 3 aliphatic rings. The molecule has 3 fully saturated rings. The Kier molecular flexibility index (Phi) is 7.01. The SMILES string of the molecule is CC(CC1CCC1)C(=O)N1CC[C@@](O)(Cn2cc(C(=O)O)c(-c3ccccc3)cc2=O)C2(CCCC2)C1. The predicted octanol–water partition coefficient (Wildman–Crippen LogP) is 4.56. The topological polar surface area (TPSA) is 99.8 Å². The number of carbonyl (C=O) groups excluding carboxylic acids is 1. The number of rotatable bonds is 7. The lowest BCUT2D eigenvalue weighted by molar-refractivity contribution is -0.163. The molecule has 7 nitrogen and oxygen atoms in total. The van der Waals surface area contributed by atoms with Crippen LogP contribution in [-0.2, 0) is 11.3 Å². The maximum atomic E-state index is 13.4. The Morgan fingerprint density at radius 3 is 2.41 bits per heavy atom. The number of carboxylic acids is 1. The maximum absolute atomic E-state index is 13.4. The highest BCUT2D eigenvalue weighted by Crippen LogP contribution is 2.52. The number of benzene rings is 1. The van der Waals surface area contributed by atoms with Gasteiger partial charge in [0.15, 0.2) is 0 Å². The first-order chi connectivity index (χ1) is 17.7. The van der Waals surface area contributed by atoms with Crippen molar-refractivity contribution in [3.05, 3.63) is 58.5 Å². The molecule has 37 heavy (non-hydrogen) atoms. The standard InChI is InChI=1S/C30H38N2O5/c1-21(16-22-8-7-9-22)27(34)31-15-14-30(37,29(19-31)12-5-6-13-29)20-32-18-25(28(35)36)24(17-26(32)33)23-10-3-2-4-11-23/h2-4,10-11,17-18,21-22,37H,5-9,12-16,19-20H2,1H3,(H,35,36)/t21?,30-/m1/s1. The highest BCUT2D eigenvalue weighted by Gasteiger charge is 2.55. The molecule has 1 saturated heterocycles. The van der Waals surface area contributed by atoms with Crippen molar-refractivity contribution >= 4 is 11.9 Å². The van der Waals surface area contributed by atoms with Crippen LogP contribution >= 0.6 is 0 Å². The van der Waals surface area contributed by atoms with Gasteiger partial charge in [-0.1, -0.05) is 69.4 Å². The Hall–Kier alpha value is -2.93. The molecule has 1 aromatic heterocycles. The minimum atomic E-state index is -1.19. The summed E-state index contributed by atoms with van der Waals surface area (Å²) in [6.45, 7) is 3.01. The molecule has 2 aliphatic carbocycles. The summed E-state index contributed by atoms with van der Waals surface area (Å²) in [6, 6.07) is 10.4. The van der Waals surface area contributed by atoms with Crippen LogP contribution < -0.4 is 5.56 Å². The van der Waals surface area contributed by atoms with Crippen LogP contribution in [-0.4, -0.2) is 50.2 Å². The summed E-state index contributed by atoms with van der Waals surface area (Å²) in [5, 5.41) is 22.0. The molecule has 0 bridgehead atoms. The van der Waals surface area contributed by atoms with Crippen molar-refractivity contribution in [2.24, 2.45) is 17.3 Å². The number of hydrogen-bond donors (Lipinski definition) is 2. The van der Waals surface area contributed by atoms with Crippen LogP contribution in [0.25, 0.3) is 11.1 Å². The Labute approximate surface area is 218 Å². The first kappa shape index (κ1) is 25.7. The van der Waals surface area contributed by atoms with Gasteiger partial charge in [-0.2, -0.15) is 0 Å². The van der Waals surface area contributed by atoms with Crippen LogP contribution in [0.1, 0.15) is 75.1 Å². The highest BCUT2D eigenvalue weighted by atomic mass is 16.4. The normalized spacial score (nSPS) is 24.1. The summed E-state index contributed by atoms with van der Waals surface area (Å²) in [4.78, 5) is 40.6. The van der Waals surface area contributed by atoms with Crippen LogP contribution in [0.5, 0.6) is 0 Å². The van der Waals surface area contributed by atoms with Gasteiger partial charge in [0.05, 0.1) is 17.7 Å². The third kappa shape index (κ3) is 4.86. The van der Waals surface area contributed by atoms with E-state index < -0.39 is 17.0 Å². The second-order valence-electron chi connectivity index (χ2n) is 11.7. The van der Waals surface area contributed by atoms with E-state index in [1.54, 1.807) is 24.3 Å². The van der Waals surface area contributed by atoms with Gasteiger partial charge in [0.1, 0.15) is 0 Å². The van der Waals surface area contributed by atoms with E-state index in [9.17, 15) is 24.6 Å². The molecule has 0 radical (unpaired) electrons. The number of nitrogens with zero attached hydrogens (tertiary/aromatic N) is 2. The number of likely N-dealkylation sites (tertiary alicyclic amines) is 1. The summed E-state index contributed by atoms with van der Waals surface area (Å²) in [5.74, 6) is -0.287. The Morgan fingerprint density at radius 1 is 1.08 bits per heavy atom. The van der Waals surface area contributed by atoms with Gasteiger partial charge in [0.25, 0.3) is 5.56 Å². The van der Waals surface area contributed by atoms with Gasteiger partial charge >= 0.3 is 5.97 Å². The number of aromatic carboxylic acids is 1. The van der Waals surface area contributed by atoms with E-state index in [1.165, 1.54) is 36.1 Å². The van der Waals surface area contributed by atoms with Crippen LogP contribution in [0.15, 0.2) is 47.4 Å². The molecule has 2 saturated carbocycles. The van der Waals surface area contributed by atoms with Crippen LogP contribution in [0.4, 0.5) is 0 Å². The van der Waals surface area contributed by atoms with E-state index in [2.05, 4.69) is 0 Å². The molecule has 1 spiro atoms. The zero-order chi connectivity index (χ0) is 26.2. The minimum absolute atomic E-state index is 0.0128. The van der Waals surface area contributed by atoms with Crippen LogP contribution in [0.2, 0.25) is 0 Å². The van der Waals surface area contributed by atoms with Crippen LogP contribution in [0.3, 0.4) is 0 Å². The van der Waals surface area contributed by atoms with Gasteiger partial charge in [0.2, 0.25) is 5.91 Å². The van der Waals surface area contributed by atoms with Gasteiger partial charge in [0, 0.05) is 42.2 Å². The number of aromatic nitrogens is 1. The Bertz CT molecular complexity index is 1210. The molecule has 2 heterocycles. The van der Waals surface area contributed by atoms with Crippen molar-refractivity contribution in [2.45, 2.75) is 76.9 Å². The molecule has 2 aromatic rings. The molecule has 1 aliphatic heterocycles. The lowest BCUT2D eigenvalue weighted by atomic mass is 9.65. The van der Waals surface area contributed by atoms with E-state index in [-0.39, 0.29) is 29.5 Å². The van der Waals surface area contributed by atoms with E-state index in [1.807, 2.05) is 17.9 Å². The molecular weight excluding hydrogens is 468 g/mol. The zero-order valence-corrected chi connectivity index (χ0v) is 21.7. The number of carbonyl (C=O) groups is 2. The third-order valence-electron chi connectivity index (χ3n) is 9.35. The maximum Gasteiger partial charge on any atom is 0.337 e. The molecule has 1 amide bonds. The molecule has 198 valence electrons. The lowest BCUT2D eigenvalue weighted by Crippen LogP contribution is -2.62. The number of amides is 1. The summed E-state index contributed by atoms with van der Waals surface area (Å²) >= 11 is 0. The van der Waals surface area contributed by atoms with E-state index in [0.717, 1.165) is 32.1 Å². The fourth-order valence-electron chi connectivity index (χ4n) is 6.93. The van der Waals surface area contributed by atoms with Crippen molar-refractivity contribution in [1.82, 2.24) is 9.47 Å². The van der Waals surface area contributed by atoms with E-state index >= 15 is 0 Å². The number of piperidine rings is 1. The van der Waals surface area contributed by atoms with E-state index in [0.29, 0.717) is 36.6 Å². The number of pyridine rings is 1. The van der Waals surface area contributed by atoms with Crippen molar-refractivity contribution in [3.8, 4) is 11.1 Å². The molecule has 2 atom stereocenters. The Morgan fingerprint density at radius 2 is 1.78 bits per heavy atom. The van der Waals surface area contributed by atoms with E-state index in [4.69, 9.17) is 0 Å². The largest absolute Gasteiger partial charge is 0.478 e. The predicted molar refractivity (Wildman–Crippen MR) is 141 cm³/mol. The average molecular weight is 507 g/mol. The zero-order valence-electron chi connectivity index (χ0n) is 21.7.